The number of piperazine rings is 1. The normalized spacial score (nSPS) is 14.8. The van der Waals surface area contributed by atoms with E-state index in [1.165, 1.54) is 5.56 Å². The van der Waals surface area contributed by atoms with Gasteiger partial charge in [0.05, 0.1) is 5.52 Å². The van der Waals surface area contributed by atoms with E-state index in [2.05, 4.69) is 46.9 Å². The number of carbonyl (C=O) groups is 1. The summed E-state index contributed by atoms with van der Waals surface area (Å²) < 4.78 is 0. The third-order valence-electron chi connectivity index (χ3n) is 5.21. The van der Waals surface area contributed by atoms with Crippen LogP contribution in [0.4, 0.5) is 5.82 Å². The van der Waals surface area contributed by atoms with Crippen molar-refractivity contribution in [3.8, 4) is 0 Å². The largest absolute Gasteiger partial charge is 0.352 e. The molecule has 138 valence electrons. The Morgan fingerprint density at radius 3 is 2.33 bits per heavy atom. The minimum atomic E-state index is 0.109. The molecule has 0 saturated carbocycles. The first kappa shape index (κ1) is 17.5. The summed E-state index contributed by atoms with van der Waals surface area (Å²) in [7, 11) is 0. The Morgan fingerprint density at radius 2 is 1.63 bits per heavy atom. The number of para-hydroxylation sites is 1. The van der Waals surface area contributed by atoms with Crippen LogP contribution in [0.15, 0.2) is 54.9 Å². The van der Waals surface area contributed by atoms with Crippen LogP contribution in [0, 0.1) is 0 Å². The van der Waals surface area contributed by atoms with Crippen LogP contribution < -0.4 is 4.90 Å². The highest BCUT2D eigenvalue weighted by molar-refractivity contribution is 5.94. The molecule has 1 aliphatic rings. The molecule has 1 saturated heterocycles. The molecule has 1 amide bonds. The van der Waals surface area contributed by atoms with Crippen LogP contribution in [0.2, 0.25) is 0 Å². The molecular formula is C22H24N4O. The standard InChI is InChI=1S/C22H24N4O/c1-16(2)17-7-9-18(10-8-17)22(27)26-13-11-25(12-14-26)21-19-5-3-4-6-20(19)23-15-24-21/h3-10,15-16H,11-14H2,1-2H3. The van der Waals surface area contributed by atoms with Crippen molar-refractivity contribution in [3.63, 3.8) is 0 Å². The number of hydrogen-bond acceptors (Lipinski definition) is 4. The molecule has 27 heavy (non-hydrogen) atoms. The van der Waals surface area contributed by atoms with Gasteiger partial charge in [-0.25, -0.2) is 9.97 Å². The zero-order chi connectivity index (χ0) is 18.8. The van der Waals surface area contributed by atoms with Crippen LogP contribution >= 0.6 is 0 Å². The average molecular weight is 360 g/mol. The van der Waals surface area contributed by atoms with Crippen LogP contribution in [-0.2, 0) is 0 Å². The lowest BCUT2D eigenvalue weighted by Gasteiger charge is -2.35. The zero-order valence-corrected chi connectivity index (χ0v) is 15.8. The summed E-state index contributed by atoms with van der Waals surface area (Å²) in [6.07, 6.45) is 1.62. The molecule has 2 aromatic carbocycles. The molecule has 1 aliphatic heterocycles. The first-order valence-corrected chi connectivity index (χ1v) is 9.47. The molecule has 0 radical (unpaired) electrons. The highest BCUT2D eigenvalue weighted by atomic mass is 16.2. The summed E-state index contributed by atoms with van der Waals surface area (Å²) in [4.78, 5) is 25.8. The van der Waals surface area contributed by atoms with Gasteiger partial charge in [0.15, 0.2) is 0 Å². The molecule has 0 spiro atoms. The summed E-state index contributed by atoms with van der Waals surface area (Å²) in [6.45, 7) is 7.26. The highest BCUT2D eigenvalue weighted by Gasteiger charge is 2.24. The minimum absolute atomic E-state index is 0.109. The van der Waals surface area contributed by atoms with Crippen LogP contribution in [-0.4, -0.2) is 47.0 Å². The number of nitrogens with zero attached hydrogens (tertiary/aromatic N) is 4. The molecule has 0 atom stereocenters. The fraction of sp³-hybridized carbons (Fsp3) is 0.318. The van der Waals surface area contributed by atoms with Gasteiger partial charge in [-0.3, -0.25) is 4.79 Å². The minimum Gasteiger partial charge on any atom is -0.352 e. The van der Waals surface area contributed by atoms with E-state index >= 15 is 0 Å². The molecule has 0 bridgehead atoms. The molecule has 1 fully saturated rings. The van der Waals surface area contributed by atoms with E-state index in [1.54, 1.807) is 6.33 Å². The number of fused-ring (bicyclic) bond motifs is 1. The SMILES string of the molecule is CC(C)c1ccc(C(=O)N2CCN(c3ncnc4ccccc34)CC2)cc1. The van der Waals surface area contributed by atoms with Crippen molar-refractivity contribution in [3.05, 3.63) is 66.0 Å². The smallest absolute Gasteiger partial charge is 0.253 e. The molecule has 5 heteroatoms. The first-order valence-electron chi connectivity index (χ1n) is 9.47. The number of anilines is 1. The van der Waals surface area contributed by atoms with Crippen molar-refractivity contribution in [1.29, 1.82) is 0 Å². The molecular weight excluding hydrogens is 336 g/mol. The second-order valence-electron chi connectivity index (χ2n) is 7.27. The molecule has 2 heterocycles. The predicted molar refractivity (Wildman–Crippen MR) is 108 cm³/mol. The average Bonchev–Trinajstić information content (AvgIpc) is 2.73. The van der Waals surface area contributed by atoms with Crippen molar-refractivity contribution in [1.82, 2.24) is 14.9 Å². The fourth-order valence-electron chi connectivity index (χ4n) is 3.56. The molecule has 5 nitrogen and oxygen atoms in total. The second-order valence-corrected chi connectivity index (χ2v) is 7.27. The lowest BCUT2D eigenvalue weighted by molar-refractivity contribution is 0.0746. The summed E-state index contributed by atoms with van der Waals surface area (Å²) >= 11 is 0. The third kappa shape index (κ3) is 3.50. The number of hydrogen-bond donors (Lipinski definition) is 0. The highest BCUT2D eigenvalue weighted by Crippen LogP contribution is 2.24. The van der Waals surface area contributed by atoms with Crippen molar-refractivity contribution < 1.29 is 4.79 Å². The maximum atomic E-state index is 12.8. The van der Waals surface area contributed by atoms with Crippen molar-refractivity contribution in [2.75, 3.05) is 31.1 Å². The van der Waals surface area contributed by atoms with E-state index in [0.717, 1.165) is 35.4 Å². The number of benzene rings is 2. The molecule has 0 N–H and O–H groups in total. The first-order chi connectivity index (χ1) is 13.1. The Labute approximate surface area is 159 Å². The van der Waals surface area contributed by atoms with Gasteiger partial charge in [0.2, 0.25) is 0 Å². The Kier molecular flexibility index (Phi) is 4.75. The van der Waals surface area contributed by atoms with E-state index in [4.69, 9.17) is 0 Å². The van der Waals surface area contributed by atoms with E-state index < -0.39 is 0 Å². The van der Waals surface area contributed by atoms with Crippen LogP contribution in [0.25, 0.3) is 10.9 Å². The quantitative estimate of drug-likeness (QED) is 0.714. The van der Waals surface area contributed by atoms with Gasteiger partial charge in [0, 0.05) is 37.1 Å². The summed E-state index contributed by atoms with van der Waals surface area (Å²) in [6, 6.07) is 16.1. The lowest BCUT2D eigenvalue weighted by atomic mass is 10.0. The number of carbonyl (C=O) groups excluding carboxylic acids is 1. The Bertz CT molecular complexity index is 939. The Hall–Kier alpha value is -2.95. The zero-order valence-electron chi connectivity index (χ0n) is 15.8. The van der Waals surface area contributed by atoms with Gasteiger partial charge in [0.1, 0.15) is 12.1 Å². The van der Waals surface area contributed by atoms with Crippen molar-refractivity contribution in [2.45, 2.75) is 19.8 Å². The van der Waals surface area contributed by atoms with Crippen LogP contribution in [0.3, 0.4) is 0 Å². The molecule has 0 unspecified atom stereocenters. The Balaban J connectivity index is 1.46. The molecule has 0 aliphatic carbocycles. The topological polar surface area (TPSA) is 49.3 Å². The van der Waals surface area contributed by atoms with Gasteiger partial charge in [0.25, 0.3) is 5.91 Å². The van der Waals surface area contributed by atoms with E-state index in [-0.39, 0.29) is 5.91 Å². The summed E-state index contributed by atoms with van der Waals surface area (Å²) in [5, 5.41) is 1.06. The van der Waals surface area contributed by atoms with Gasteiger partial charge in [-0.1, -0.05) is 38.1 Å². The molecule has 3 aromatic rings. The van der Waals surface area contributed by atoms with Crippen molar-refractivity contribution in [2.24, 2.45) is 0 Å². The van der Waals surface area contributed by atoms with Crippen LogP contribution in [0.1, 0.15) is 35.7 Å². The fourth-order valence-corrected chi connectivity index (χ4v) is 3.56. The van der Waals surface area contributed by atoms with Gasteiger partial charge in [-0.15, -0.1) is 0 Å². The Morgan fingerprint density at radius 1 is 0.926 bits per heavy atom. The third-order valence-corrected chi connectivity index (χ3v) is 5.21. The number of rotatable bonds is 3. The van der Waals surface area contributed by atoms with Crippen LogP contribution in [0.5, 0.6) is 0 Å². The predicted octanol–water partition coefficient (Wildman–Crippen LogP) is 3.72. The van der Waals surface area contributed by atoms with Gasteiger partial charge >= 0.3 is 0 Å². The van der Waals surface area contributed by atoms with Gasteiger partial charge in [-0.2, -0.15) is 0 Å². The molecule has 1 aromatic heterocycles. The van der Waals surface area contributed by atoms with Gasteiger partial charge < -0.3 is 9.80 Å². The van der Waals surface area contributed by atoms with Crippen molar-refractivity contribution >= 4 is 22.6 Å². The molecule has 4 rings (SSSR count). The van der Waals surface area contributed by atoms with E-state index in [1.807, 2.05) is 35.2 Å². The monoisotopic (exact) mass is 360 g/mol. The maximum absolute atomic E-state index is 12.8. The van der Waals surface area contributed by atoms with E-state index in [0.29, 0.717) is 19.0 Å². The number of amides is 1. The summed E-state index contributed by atoms with van der Waals surface area (Å²) in [5.41, 5.74) is 2.97. The van der Waals surface area contributed by atoms with E-state index in [9.17, 15) is 4.79 Å². The number of aromatic nitrogens is 2. The van der Waals surface area contributed by atoms with Gasteiger partial charge in [-0.05, 0) is 35.7 Å². The maximum Gasteiger partial charge on any atom is 0.253 e. The lowest BCUT2D eigenvalue weighted by Crippen LogP contribution is -2.49. The second kappa shape index (κ2) is 7.35. The summed E-state index contributed by atoms with van der Waals surface area (Å²) in [5.74, 6) is 1.53.